The summed E-state index contributed by atoms with van der Waals surface area (Å²) >= 11 is 0. The molecule has 1 rings (SSSR count). The third-order valence-corrected chi connectivity index (χ3v) is 13.0. The number of unbranched alkanes of at least 4 members (excludes halogenated alkanes) is 16. The van der Waals surface area contributed by atoms with E-state index in [-0.39, 0.29) is 24.0 Å². The van der Waals surface area contributed by atoms with Gasteiger partial charge in [-0.1, -0.05) is 169 Å². The third-order valence-electron chi connectivity index (χ3n) is 13.0. The fourth-order valence-electron chi connectivity index (χ4n) is 8.74. The van der Waals surface area contributed by atoms with Gasteiger partial charge in [0, 0.05) is 45.4 Å². The molecule has 0 unspecified atom stereocenters. The Morgan fingerprint density at radius 1 is 0.417 bits per heavy atom. The second-order valence-corrected chi connectivity index (χ2v) is 18.7. The van der Waals surface area contributed by atoms with Crippen molar-refractivity contribution in [3.63, 3.8) is 0 Å². The highest BCUT2D eigenvalue weighted by molar-refractivity contribution is 5.70. The lowest BCUT2D eigenvalue weighted by Gasteiger charge is -2.32. The Morgan fingerprint density at radius 3 is 1.18 bits per heavy atom. The van der Waals surface area contributed by atoms with Crippen molar-refractivity contribution in [2.75, 3.05) is 53.0 Å². The third kappa shape index (κ3) is 34.9. The van der Waals surface area contributed by atoms with E-state index in [4.69, 9.17) is 14.2 Å². The molecule has 1 heterocycles. The number of carbonyl (C=O) groups is 3. The minimum Gasteiger partial charge on any atom is -0.466 e. The first kappa shape index (κ1) is 56.3. The number of hydrogen-bond acceptors (Lipinski definition) is 8. The molecule has 0 N–H and O–H groups in total. The fourth-order valence-corrected chi connectivity index (χ4v) is 8.74. The number of ether oxygens (including phenoxy) is 3. The van der Waals surface area contributed by atoms with E-state index >= 15 is 0 Å². The van der Waals surface area contributed by atoms with Gasteiger partial charge in [-0.3, -0.25) is 14.4 Å². The molecule has 0 saturated carbocycles. The normalized spacial score (nSPS) is 13.8. The maximum Gasteiger partial charge on any atom is 0.306 e. The molecule has 1 saturated heterocycles. The highest BCUT2D eigenvalue weighted by Crippen LogP contribution is 2.22. The zero-order valence-corrected chi connectivity index (χ0v) is 40.6. The van der Waals surface area contributed by atoms with E-state index in [9.17, 15) is 14.4 Å². The molecule has 0 bridgehead atoms. The Morgan fingerprint density at radius 2 is 0.783 bits per heavy atom. The lowest BCUT2D eigenvalue weighted by Crippen LogP contribution is -2.44. The molecule has 8 heteroatoms. The Hall–Kier alpha value is -1.67. The molecule has 0 aromatic carbocycles. The molecule has 0 amide bonds. The molecule has 60 heavy (non-hydrogen) atoms. The minimum absolute atomic E-state index is 0.0205. The van der Waals surface area contributed by atoms with E-state index < -0.39 is 0 Å². The van der Waals surface area contributed by atoms with Crippen LogP contribution in [0.25, 0.3) is 0 Å². The number of rotatable bonds is 43. The molecule has 354 valence electrons. The minimum atomic E-state index is -0.0215. The van der Waals surface area contributed by atoms with Crippen LogP contribution in [0.5, 0.6) is 0 Å². The molecule has 0 atom stereocenters. The van der Waals surface area contributed by atoms with E-state index in [0.717, 1.165) is 116 Å². The Bertz CT molecular complexity index is 914. The van der Waals surface area contributed by atoms with Gasteiger partial charge in [-0.15, -0.1) is 0 Å². The van der Waals surface area contributed by atoms with Gasteiger partial charge in [-0.2, -0.15) is 0 Å². The number of carbonyl (C=O) groups excluding carboxylic acids is 3. The summed E-state index contributed by atoms with van der Waals surface area (Å²) in [7, 11) is 2.18. The van der Waals surface area contributed by atoms with Crippen molar-refractivity contribution in [2.24, 2.45) is 11.8 Å². The Labute approximate surface area is 372 Å². The summed E-state index contributed by atoms with van der Waals surface area (Å²) in [5.41, 5.74) is 0. The van der Waals surface area contributed by atoms with Crippen LogP contribution in [0.4, 0.5) is 0 Å². The summed E-state index contributed by atoms with van der Waals surface area (Å²) in [6, 6.07) is 0. The van der Waals surface area contributed by atoms with Gasteiger partial charge in [0.25, 0.3) is 0 Å². The van der Waals surface area contributed by atoms with Crippen LogP contribution in [0.1, 0.15) is 246 Å². The van der Waals surface area contributed by atoms with Crippen LogP contribution in [-0.4, -0.2) is 86.8 Å². The van der Waals surface area contributed by atoms with Gasteiger partial charge >= 0.3 is 17.9 Å². The Kier molecular flexibility index (Phi) is 38.8. The largest absolute Gasteiger partial charge is 0.466 e. The molecule has 1 aliphatic heterocycles. The van der Waals surface area contributed by atoms with Crippen LogP contribution in [0, 0.1) is 11.8 Å². The maximum atomic E-state index is 12.9. The number of nitrogens with zero attached hydrogens (tertiary/aromatic N) is 2. The molecule has 1 aliphatic rings. The predicted molar refractivity (Wildman–Crippen MR) is 252 cm³/mol. The van der Waals surface area contributed by atoms with E-state index in [2.05, 4.69) is 44.5 Å². The van der Waals surface area contributed by atoms with Crippen molar-refractivity contribution < 1.29 is 28.6 Å². The van der Waals surface area contributed by atoms with Gasteiger partial charge in [0.05, 0.1) is 13.2 Å². The van der Waals surface area contributed by atoms with E-state index in [1.807, 2.05) is 0 Å². The standard InChI is InChI=1S/C52H100N2O6/c1-6-10-29-47(30-11-7-2)38-45-58-50(55)35-26-22-18-14-16-20-24-33-49(60-52(57)37-28-40-54-43-41-53(5)42-44-54)34-25-21-17-15-19-23-27-36-51(56)59-46-39-48(31-12-8-3)32-13-9-4/h47-49H,6-46H2,1-5H3. The average molecular weight is 849 g/mol. The summed E-state index contributed by atoms with van der Waals surface area (Å²) < 4.78 is 17.3. The van der Waals surface area contributed by atoms with Crippen molar-refractivity contribution >= 4 is 17.9 Å². The van der Waals surface area contributed by atoms with Crippen LogP contribution >= 0.6 is 0 Å². The lowest BCUT2D eigenvalue weighted by atomic mass is 9.93. The average Bonchev–Trinajstić information content (AvgIpc) is 3.24. The van der Waals surface area contributed by atoms with Crippen LogP contribution in [0.2, 0.25) is 0 Å². The predicted octanol–water partition coefficient (Wildman–Crippen LogP) is 13.8. The fraction of sp³-hybridized carbons (Fsp3) is 0.942. The van der Waals surface area contributed by atoms with Crippen molar-refractivity contribution in [1.29, 1.82) is 0 Å². The number of likely N-dealkylation sites (N-methyl/N-ethyl adjacent to an activating group) is 1. The van der Waals surface area contributed by atoms with Crippen LogP contribution < -0.4 is 0 Å². The first-order valence-electron chi connectivity index (χ1n) is 26.2. The highest BCUT2D eigenvalue weighted by Gasteiger charge is 2.17. The van der Waals surface area contributed by atoms with E-state index in [1.54, 1.807) is 0 Å². The van der Waals surface area contributed by atoms with Crippen molar-refractivity contribution in [1.82, 2.24) is 9.80 Å². The summed E-state index contributed by atoms with van der Waals surface area (Å²) in [4.78, 5) is 42.4. The van der Waals surface area contributed by atoms with Gasteiger partial charge < -0.3 is 24.0 Å². The van der Waals surface area contributed by atoms with Crippen LogP contribution in [-0.2, 0) is 28.6 Å². The molecule has 8 nitrogen and oxygen atoms in total. The van der Waals surface area contributed by atoms with Gasteiger partial charge in [0.1, 0.15) is 6.10 Å². The monoisotopic (exact) mass is 849 g/mol. The summed E-state index contributed by atoms with van der Waals surface area (Å²) in [6.45, 7) is 15.5. The molecular formula is C52H100N2O6. The SMILES string of the molecule is CCCCC(CCCC)CCOC(=O)CCCCCCCCCC(CCCCCCCCCC(=O)OCCC(CCCC)CCCC)OC(=O)CCCN1CCN(C)CC1. The summed E-state index contributed by atoms with van der Waals surface area (Å²) in [5.74, 6) is 1.34. The first-order chi connectivity index (χ1) is 29.3. The van der Waals surface area contributed by atoms with Gasteiger partial charge in [0.15, 0.2) is 0 Å². The Balaban J connectivity index is 2.26. The van der Waals surface area contributed by atoms with E-state index in [0.29, 0.717) is 44.3 Å². The second kappa shape index (κ2) is 41.3. The number of piperazine rings is 1. The first-order valence-corrected chi connectivity index (χ1v) is 26.2. The quantitative estimate of drug-likeness (QED) is 0.0341. The lowest BCUT2D eigenvalue weighted by molar-refractivity contribution is -0.150. The van der Waals surface area contributed by atoms with Crippen LogP contribution in [0.15, 0.2) is 0 Å². The second-order valence-electron chi connectivity index (χ2n) is 18.7. The molecule has 1 fully saturated rings. The van der Waals surface area contributed by atoms with E-state index in [1.165, 1.54) is 116 Å². The maximum absolute atomic E-state index is 12.9. The van der Waals surface area contributed by atoms with Gasteiger partial charge in [-0.25, -0.2) is 0 Å². The molecule has 0 spiro atoms. The molecule has 0 aliphatic carbocycles. The summed E-state index contributed by atoms with van der Waals surface area (Å²) in [6.07, 6.45) is 37.3. The highest BCUT2D eigenvalue weighted by atomic mass is 16.5. The number of esters is 3. The van der Waals surface area contributed by atoms with Gasteiger partial charge in [0.2, 0.25) is 0 Å². The van der Waals surface area contributed by atoms with Crippen molar-refractivity contribution in [3.8, 4) is 0 Å². The number of hydrogen-bond donors (Lipinski definition) is 0. The van der Waals surface area contributed by atoms with Crippen LogP contribution in [0.3, 0.4) is 0 Å². The molecule has 0 aromatic heterocycles. The van der Waals surface area contributed by atoms with Crippen molar-refractivity contribution in [3.05, 3.63) is 0 Å². The molecule has 0 radical (unpaired) electrons. The summed E-state index contributed by atoms with van der Waals surface area (Å²) in [5, 5.41) is 0. The zero-order chi connectivity index (χ0) is 43.7. The van der Waals surface area contributed by atoms with Gasteiger partial charge in [-0.05, 0) is 83.2 Å². The smallest absolute Gasteiger partial charge is 0.306 e. The zero-order valence-electron chi connectivity index (χ0n) is 40.6. The van der Waals surface area contributed by atoms with Crippen molar-refractivity contribution in [2.45, 2.75) is 252 Å². The molecule has 0 aromatic rings. The topological polar surface area (TPSA) is 85.4 Å². The molecular weight excluding hydrogens is 749 g/mol.